The third-order valence-electron chi connectivity index (χ3n) is 3.41. The van der Waals surface area contributed by atoms with Crippen molar-refractivity contribution in [3.05, 3.63) is 41.7 Å². The molecule has 0 aliphatic heterocycles. The Kier molecular flexibility index (Phi) is 6.00. The molecular weight excluding hydrogens is 366 g/mol. The Bertz CT molecular complexity index is 823. The second-order valence-corrected chi connectivity index (χ2v) is 8.33. The average Bonchev–Trinajstić information content (AvgIpc) is 3.08. The van der Waals surface area contributed by atoms with Gasteiger partial charge >= 0.3 is 0 Å². The van der Waals surface area contributed by atoms with Crippen LogP contribution in [0.1, 0.15) is 31.2 Å². The van der Waals surface area contributed by atoms with Gasteiger partial charge < -0.3 is 10.2 Å². The Labute approximate surface area is 161 Å². The Morgan fingerprint density at radius 2 is 1.85 bits per heavy atom. The SMILES string of the molecule is CC(C)c1nc(Sc2nnc(NCc3ccccc3)s2)nc(N(C)C)n1. The van der Waals surface area contributed by atoms with Gasteiger partial charge in [-0.15, -0.1) is 10.2 Å². The first-order valence-electron chi connectivity index (χ1n) is 8.23. The maximum absolute atomic E-state index is 4.55. The fourth-order valence-electron chi connectivity index (χ4n) is 2.04. The van der Waals surface area contributed by atoms with Crippen molar-refractivity contribution in [2.75, 3.05) is 24.3 Å². The van der Waals surface area contributed by atoms with E-state index in [0.29, 0.717) is 17.6 Å². The van der Waals surface area contributed by atoms with Gasteiger partial charge in [-0.2, -0.15) is 9.97 Å². The van der Waals surface area contributed by atoms with E-state index in [1.807, 2.05) is 37.2 Å². The molecule has 0 fully saturated rings. The highest BCUT2D eigenvalue weighted by atomic mass is 32.2. The van der Waals surface area contributed by atoms with E-state index in [-0.39, 0.29) is 5.92 Å². The van der Waals surface area contributed by atoms with Gasteiger partial charge in [0, 0.05) is 26.6 Å². The topological polar surface area (TPSA) is 79.7 Å². The summed E-state index contributed by atoms with van der Waals surface area (Å²) >= 11 is 2.90. The van der Waals surface area contributed by atoms with Crippen molar-refractivity contribution >= 4 is 34.2 Å². The van der Waals surface area contributed by atoms with Gasteiger partial charge in [0.05, 0.1) is 0 Å². The third kappa shape index (κ3) is 4.89. The van der Waals surface area contributed by atoms with Crippen molar-refractivity contribution in [2.24, 2.45) is 0 Å². The Balaban J connectivity index is 1.70. The summed E-state index contributed by atoms with van der Waals surface area (Å²) in [5.74, 6) is 1.66. The lowest BCUT2D eigenvalue weighted by Crippen LogP contribution is -2.15. The van der Waals surface area contributed by atoms with Gasteiger partial charge in [0.2, 0.25) is 11.1 Å². The summed E-state index contributed by atoms with van der Waals surface area (Å²) in [4.78, 5) is 15.4. The molecule has 2 heterocycles. The quantitative estimate of drug-likeness (QED) is 0.658. The molecule has 0 bridgehead atoms. The van der Waals surface area contributed by atoms with Crippen LogP contribution in [0.15, 0.2) is 39.8 Å². The molecule has 0 aliphatic rings. The standard InChI is InChI=1S/C17H21N7S2/c1-11(2)13-19-14(24(3)4)21-16(20-13)26-17-23-22-15(25-17)18-10-12-8-6-5-7-9-12/h5-9,11H,10H2,1-4H3,(H,18,22). The van der Waals surface area contributed by atoms with Crippen molar-refractivity contribution < 1.29 is 0 Å². The molecule has 1 aromatic carbocycles. The van der Waals surface area contributed by atoms with Crippen LogP contribution in [0.2, 0.25) is 0 Å². The number of anilines is 2. The molecule has 0 unspecified atom stereocenters. The number of benzene rings is 1. The van der Waals surface area contributed by atoms with Gasteiger partial charge in [-0.05, 0) is 17.3 Å². The summed E-state index contributed by atoms with van der Waals surface area (Å²) in [7, 11) is 3.84. The van der Waals surface area contributed by atoms with Crippen LogP contribution in [0.3, 0.4) is 0 Å². The smallest absolute Gasteiger partial charge is 0.229 e. The highest BCUT2D eigenvalue weighted by molar-refractivity contribution is 8.00. The molecule has 136 valence electrons. The monoisotopic (exact) mass is 387 g/mol. The van der Waals surface area contributed by atoms with E-state index in [1.165, 1.54) is 28.7 Å². The van der Waals surface area contributed by atoms with Gasteiger partial charge in [-0.1, -0.05) is 55.5 Å². The predicted octanol–water partition coefficient (Wildman–Crippen LogP) is 3.68. The molecule has 0 aliphatic carbocycles. The molecule has 2 aromatic heterocycles. The highest BCUT2D eigenvalue weighted by Crippen LogP contribution is 2.31. The van der Waals surface area contributed by atoms with Crippen LogP contribution in [-0.2, 0) is 6.54 Å². The Morgan fingerprint density at radius 3 is 2.54 bits per heavy atom. The van der Waals surface area contributed by atoms with Crippen molar-refractivity contribution in [2.45, 2.75) is 35.8 Å². The predicted molar refractivity (Wildman–Crippen MR) is 106 cm³/mol. The zero-order chi connectivity index (χ0) is 18.5. The van der Waals surface area contributed by atoms with Crippen molar-refractivity contribution in [1.29, 1.82) is 0 Å². The van der Waals surface area contributed by atoms with E-state index >= 15 is 0 Å². The largest absolute Gasteiger partial charge is 0.356 e. The van der Waals surface area contributed by atoms with E-state index < -0.39 is 0 Å². The molecule has 3 aromatic rings. The first-order chi connectivity index (χ1) is 12.5. The summed E-state index contributed by atoms with van der Waals surface area (Å²) in [6, 6.07) is 10.2. The molecule has 0 saturated carbocycles. The van der Waals surface area contributed by atoms with Crippen molar-refractivity contribution in [1.82, 2.24) is 25.1 Å². The molecule has 1 N–H and O–H groups in total. The summed E-state index contributed by atoms with van der Waals surface area (Å²) in [5.41, 5.74) is 1.20. The first-order valence-corrected chi connectivity index (χ1v) is 9.87. The lowest BCUT2D eigenvalue weighted by Gasteiger charge is -2.13. The minimum Gasteiger partial charge on any atom is -0.356 e. The number of hydrogen-bond acceptors (Lipinski definition) is 9. The van der Waals surface area contributed by atoms with Gasteiger partial charge in [0.25, 0.3) is 0 Å². The molecule has 0 saturated heterocycles. The Hall–Kier alpha value is -2.26. The molecule has 3 rings (SSSR count). The third-order valence-corrected chi connectivity index (χ3v) is 5.21. The molecule has 26 heavy (non-hydrogen) atoms. The summed E-state index contributed by atoms with van der Waals surface area (Å²) in [6.45, 7) is 4.85. The molecule has 0 radical (unpaired) electrons. The molecule has 7 nitrogen and oxygen atoms in total. The maximum Gasteiger partial charge on any atom is 0.229 e. The Morgan fingerprint density at radius 1 is 1.08 bits per heavy atom. The van der Waals surface area contributed by atoms with Crippen LogP contribution in [0.5, 0.6) is 0 Å². The summed E-state index contributed by atoms with van der Waals surface area (Å²) in [6.07, 6.45) is 0. The van der Waals surface area contributed by atoms with Crippen molar-refractivity contribution in [3.63, 3.8) is 0 Å². The number of nitrogens with one attached hydrogen (secondary N) is 1. The van der Waals surface area contributed by atoms with E-state index in [0.717, 1.165) is 15.3 Å². The zero-order valence-corrected chi connectivity index (χ0v) is 16.8. The van der Waals surface area contributed by atoms with Gasteiger partial charge in [-0.3, -0.25) is 0 Å². The van der Waals surface area contributed by atoms with Crippen LogP contribution in [0.4, 0.5) is 11.1 Å². The van der Waals surface area contributed by atoms with Gasteiger partial charge in [0.1, 0.15) is 5.82 Å². The summed E-state index contributed by atoms with van der Waals surface area (Å²) in [5, 5.41) is 13.1. The zero-order valence-electron chi connectivity index (χ0n) is 15.2. The fourth-order valence-corrected chi connectivity index (χ4v) is 3.64. The molecule has 0 amide bonds. The van der Waals surface area contributed by atoms with E-state index in [9.17, 15) is 0 Å². The first kappa shape index (κ1) is 18.5. The molecule has 0 atom stereocenters. The number of aromatic nitrogens is 5. The van der Waals surface area contributed by atoms with Crippen LogP contribution < -0.4 is 10.2 Å². The summed E-state index contributed by atoms with van der Waals surface area (Å²) < 4.78 is 0.797. The second kappa shape index (κ2) is 8.41. The van der Waals surface area contributed by atoms with Crippen LogP contribution in [0.25, 0.3) is 0 Å². The molecular formula is C17H21N7S2. The van der Waals surface area contributed by atoms with Crippen LogP contribution in [-0.4, -0.2) is 39.2 Å². The average molecular weight is 388 g/mol. The second-order valence-electron chi connectivity index (χ2n) is 6.14. The lowest BCUT2D eigenvalue weighted by atomic mass is 10.2. The minimum atomic E-state index is 0.230. The normalized spacial score (nSPS) is 11.0. The lowest BCUT2D eigenvalue weighted by molar-refractivity contribution is 0.716. The van der Waals surface area contributed by atoms with Gasteiger partial charge in [0.15, 0.2) is 9.50 Å². The molecule has 0 spiro atoms. The fraction of sp³-hybridized carbons (Fsp3) is 0.353. The van der Waals surface area contributed by atoms with E-state index in [4.69, 9.17) is 0 Å². The van der Waals surface area contributed by atoms with Crippen LogP contribution in [0, 0.1) is 0 Å². The minimum absolute atomic E-state index is 0.230. The van der Waals surface area contributed by atoms with Crippen molar-refractivity contribution in [3.8, 4) is 0 Å². The van der Waals surface area contributed by atoms with E-state index in [1.54, 1.807) is 0 Å². The van der Waals surface area contributed by atoms with Crippen LogP contribution >= 0.6 is 23.1 Å². The van der Waals surface area contributed by atoms with Gasteiger partial charge in [-0.25, -0.2) is 4.98 Å². The maximum atomic E-state index is 4.55. The van der Waals surface area contributed by atoms with E-state index in [2.05, 4.69) is 56.4 Å². The number of rotatable bonds is 7. The highest BCUT2D eigenvalue weighted by Gasteiger charge is 2.14. The molecule has 9 heteroatoms. The number of nitrogens with zero attached hydrogens (tertiary/aromatic N) is 6. The number of hydrogen-bond donors (Lipinski definition) is 1.